The third-order valence-corrected chi connectivity index (χ3v) is 6.61. The number of para-hydroxylation sites is 2. The molecule has 0 radical (unpaired) electrons. The topological polar surface area (TPSA) is 52.3 Å². The van der Waals surface area contributed by atoms with Crippen molar-refractivity contribution in [2.24, 2.45) is 0 Å². The van der Waals surface area contributed by atoms with Gasteiger partial charge in [-0.2, -0.15) is 0 Å². The van der Waals surface area contributed by atoms with Gasteiger partial charge in [-0.3, -0.25) is 4.90 Å². The van der Waals surface area contributed by atoms with Gasteiger partial charge >= 0.3 is 0 Å². The molecule has 2 aliphatic heterocycles. The average Bonchev–Trinajstić information content (AvgIpc) is 3.44. The maximum absolute atomic E-state index is 5.83. The zero-order chi connectivity index (χ0) is 21.9. The van der Waals surface area contributed by atoms with E-state index in [1.807, 2.05) is 24.3 Å². The van der Waals surface area contributed by atoms with Crippen LogP contribution < -0.4 is 15.4 Å². The number of nitrogens with one attached hydrogen (secondary N) is 3. The standard InChI is InChI=1S/C26H30N4OS/c1-2-14-31-25-8-4-3-7-24(25)29-26(32)28-19-9-10-23-21(16-19)22(17-27-23)18-11-13-30-12-5-6-20(30)15-18/h3-4,7-11,16-17,20,27H,2,5-6,12-15H2,1H3,(H2,28,29,32). The lowest BCUT2D eigenvalue weighted by Gasteiger charge is -2.29. The second kappa shape index (κ2) is 9.35. The van der Waals surface area contributed by atoms with Crippen LogP contribution >= 0.6 is 12.2 Å². The fraction of sp³-hybridized carbons (Fsp3) is 0.346. The normalized spacial score (nSPS) is 18.3. The Labute approximate surface area is 194 Å². The minimum Gasteiger partial charge on any atom is -0.491 e. The van der Waals surface area contributed by atoms with Gasteiger partial charge in [-0.05, 0) is 80.4 Å². The van der Waals surface area contributed by atoms with Gasteiger partial charge in [-0.25, -0.2) is 0 Å². The number of benzene rings is 2. The van der Waals surface area contributed by atoms with E-state index in [0.717, 1.165) is 42.0 Å². The van der Waals surface area contributed by atoms with E-state index in [2.05, 4.69) is 57.9 Å². The van der Waals surface area contributed by atoms with Crippen LogP contribution in [0.15, 0.2) is 54.7 Å². The zero-order valence-corrected chi connectivity index (χ0v) is 19.3. The molecule has 1 unspecified atom stereocenters. The van der Waals surface area contributed by atoms with E-state index >= 15 is 0 Å². The number of anilines is 2. The van der Waals surface area contributed by atoms with Gasteiger partial charge in [0.1, 0.15) is 5.75 Å². The monoisotopic (exact) mass is 446 g/mol. The number of hydrogen-bond donors (Lipinski definition) is 3. The Morgan fingerprint density at radius 1 is 1.22 bits per heavy atom. The molecule has 2 aliphatic rings. The van der Waals surface area contributed by atoms with Gasteiger partial charge < -0.3 is 20.4 Å². The number of thiocarbonyl (C=S) groups is 1. The van der Waals surface area contributed by atoms with Gasteiger partial charge in [-0.1, -0.05) is 25.1 Å². The molecule has 1 saturated heterocycles. The quantitative estimate of drug-likeness (QED) is 0.405. The number of aromatic amines is 1. The van der Waals surface area contributed by atoms with Crippen molar-refractivity contribution in [2.45, 2.75) is 38.6 Å². The lowest BCUT2D eigenvalue weighted by molar-refractivity contribution is 0.275. The average molecular weight is 447 g/mol. The van der Waals surface area contributed by atoms with Gasteiger partial charge in [0.2, 0.25) is 0 Å². The predicted octanol–water partition coefficient (Wildman–Crippen LogP) is 6.02. The van der Waals surface area contributed by atoms with E-state index in [0.29, 0.717) is 17.8 Å². The molecule has 3 aromatic rings. The molecule has 1 aromatic heterocycles. The molecule has 3 N–H and O–H groups in total. The van der Waals surface area contributed by atoms with Crippen LogP contribution in [0, 0.1) is 0 Å². The highest BCUT2D eigenvalue weighted by Crippen LogP contribution is 2.36. The Balaban J connectivity index is 1.32. The first-order chi connectivity index (χ1) is 15.7. The number of H-pyrrole nitrogens is 1. The Bertz CT molecular complexity index is 1150. The summed E-state index contributed by atoms with van der Waals surface area (Å²) in [5.41, 5.74) is 5.76. The van der Waals surface area contributed by atoms with E-state index in [1.165, 1.54) is 35.9 Å². The van der Waals surface area contributed by atoms with Gasteiger partial charge in [-0.15, -0.1) is 0 Å². The molecule has 5 rings (SSSR count). The van der Waals surface area contributed by atoms with Crippen molar-refractivity contribution in [2.75, 3.05) is 30.3 Å². The summed E-state index contributed by atoms with van der Waals surface area (Å²) in [5.74, 6) is 0.812. The van der Waals surface area contributed by atoms with Crippen LogP contribution in [0.5, 0.6) is 5.75 Å². The Morgan fingerprint density at radius 2 is 2.12 bits per heavy atom. The van der Waals surface area contributed by atoms with Gasteiger partial charge in [0, 0.05) is 40.9 Å². The van der Waals surface area contributed by atoms with Crippen molar-refractivity contribution in [1.29, 1.82) is 0 Å². The van der Waals surface area contributed by atoms with Crippen LogP contribution in [0.25, 0.3) is 16.5 Å². The summed E-state index contributed by atoms with van der Waals surface area (Å²) >= 11 is 5.60. The number of nitrogens with zero attached hydrogens (tertiary/aromatic N) is 1. The van der Waals surface area contributed by atoms with Crippen molar-refractivity contribution in [3.8, 4) is 5.75 Å². The molecular formula is C26H30N4OS. The fourth-order valence-electron chi connectivity index (χ4n) is 4.81. The van der Waals surface area contributed by atoms with Gasteiger partial charge in [0.15, 0.2) is 5.11 Å². The number of ether oxygens (including phenoxy) is 1. The van der Waals surface area contributed by atoms with E-state index < -0.39 is 0 Å². The minimum absolute atomic E-state index is 0.549. The minimum atomic E-state index is 0.549. The molecule has 0 aliphatic carbocycles. The summed E-state index contributed by atoms with van der Waals surface area (Å²) in [4.78, 5) is 6.05. The van der Waals surface area contributed by atoms with Gasteiger partial charge in [0.05, 0.1) is 12.3 Å². The molecule has 0 bridgehead atoms. The zero-order valence-electron chi connectivity index (χ0n) is 18.5. The highest BCUT2D eigenvalue weighted by Gasteiger charge is 2.28. The predicted molar refractivity (Wildman–Crippen MR) is 138 cm³/mol. The van der Waals surface area contributed by atoms with Gasteiger partial charge in [0.25, 0.3) is 0 Å². The smallest absolute Gasteiger partial charge is 0.175 e. The van der Waals surface area contributed by atoms with Crippen molar-refractivity contribution in [3.63, 3.8) is 0 Å². The fourth-order valence-corrected chi connectivity index (χ4v) is 5.04. The molecule has 166 valence electrons. The maximum atomic E-state index is 5.83. The first kappa shape index (κ1) is 21.0. The SMILES string of the molecule is CCCOc1ccccc1NC(=S)Nc1ccc2[nH]cc(C3=CCN4CCCC4C3)c2c1. The summed E-state index contributed by atoms with van der Waals surface area (Å²) in [6.45, 7) is 5.09. The Hall–Kier alpha value is -2.83. The van der Waals surface area contributed by atoms with Crippen molar-refractivity contribution in [3.05, 3.63) is 60.3 Å². The molecule has 32 heavy (non-hydrogen) atoms. The summed E-state index contributed by atoms with van der Waals surface area (Å²) in [5, 5.41) is 8.42. The van der Waals surface area contributed by atoms with Crippen LogP contribution in [0.1, 0.15) is 38.2 Å². The molecule has 1 fully saturated rings. The summed E-state index contributed by atoms with van der Waals surface area (Å²) in [7, 11) is 0. The molecule has 3 heterocycles. The molecule has 0 amide bonds. The summed E-state index contributed by atoms with van der Waals surface area (Å²) in [6, 6.07) is 15.0. The third kappa shape index (κ3) is 4.38. The lowest BCUT2D eigenvalue weighted by Crippen LogP contribution is -2.32. The molecule has 0 spiro atoms. The second-order valence-electron chi connectivity index (χ2n) is 8.61. The van der Waals surface area contributed by atoms with Crippen molar-refractivity contribution >= 4 is 45.2 Å². The molecular weight excluding hydrogens is 416 g/mol. The molecule has 6 heteroatoms. The van der Waals surface area contributed by atoms with Crippen LogP contribution in [0.3, 0.4) is 0 Å². The molecule has 1 atom stereocenters. The number of hydrogen-bond acceptors (Lipinski definition) is 3. The molecule has 2 aromatic carbocycles. The van der Waals surface area contributed by atoms with E-state index in [4.69, 9.17) is 17.0 Å². The third-order valence-electron chi connectivity index (χ3n) is 6.41. The first-order valence-corrected chi connectivity index (χ1v) is 12.0. The Kier molecular flexibility index (Phi) is 6.14. The lowest BCUT2D eigenvalue weighted by atomic mass is 9.94. The largest absolute Gasteiger partial charge is 0.491 e. The van der Waals surface area contributed by atoms with E-state index in [-0.39, 0.29) is 0 Å². The number of rotatable bonds is 6. The highest BCUT2D eigenvalue weighted by atomic mass is 32.1. The number of fused-ring (bicyclic) bond motifs is 2. The van der Waals surface area contributed by atoms with Crippen LogP contribution in [-0.2, 0) is 0 Å². The van der Waals surface area contributed by atoms with Crippen molar-refractivity contribution in [1.82, 2.24) is 9.88 Å². The van der Waals surface area contributed by atoms with Crippen LogP contribution in [0.2, 0.25) is 0 Å². The van der Waals surface area contributed by atoms with E-state index in [1.54, 1.807) is 0 Å². The summed E-state index contributed by atoms with van der Waals surface area (Å²) < 4.78 is 5.83. The van der Waals surface area contributed by atoms with E-state index in [9.17, 15) is 0 Å². The van der Waals surface area contributed by atoms with Crippen molar-refractivity contribution < 1.29 is 4.74 Å². The summed E-state index contributed by atoms with van der Waals surface area (Å²) in [6.07, 6.45) is 9.30. The second-order valence-corrected chi connectivity index (χ2v) is 9.02. The maximum Gasteiger partial charge on any atom is 0.175 e. The first-order valence-electron chi connectivity index (χ1n) is 11.6. The number of aromatic nitrogens is 1. The highest BCUT2D eigenvalue weighted by molar-refractivity contribution is 7.80. The van der Waals surface area contributed by atoms with Crippen LogP contribution in [0.4, 0.5) is 11.4 Å². The van der Waals surface area contributed by atoms with Crippen LogP contribution in [-0.4, -0.2) is 40.7 Å². The molecule has 0 saturated carbocycles. The Morgan fingerprint density at radius 3 is 3.03 bits per heavy atom. The molecule has 5 nitrogen and oxygen atoms in total.